The van der Waals surface area contributed by atoms with E-state index in [1.165, 1.54) is 0 Å². The van der Waals surface area contributed by atoms with Gasteiger partial charge in [0, 0.05) is 13.1 Å². The molecular weight excluding hydrogens is 246 g/mol. The first-order chi connectivity index (χ1) is 8.14. The Kier molecular flexibility index (Phi) is 4.68. The molecule has 1 N–H and O–H groups in total. The zero-order valence-corrected chi connectivity index (χ0v) is 12.9. The highest BCUT2D eigenvalue weighted by molar-refractivity contribution is 6.33. The highest BCUT2D eigenvalue weighted by Gasteiger charge is 2.25. The van der Waals surface area contributed by atoms with Crippen LogP contribution in [0.4, 0.5) is 5.69 Å². The summed E-state index contributed by atoms with van der Waals surface area (Å²) in [6.07, 6.45) is -0.484. The lowest BCUT2D eigenvalue weighted by Gasteiger charge is -2.37. The van der Waals surface area contributed by atoms with Crippen LogP contribution in [0.5, 0.6) is 0 Å². The van der Waals surface area contributed by atoms with Crippen molar-refractivity contribution in [2.24, 2.45) is 5.41 Å². The topological polar surface area (TPSA) is 23.5 Å². The van der Waals surface area contributed by atoms with Crippen LogP contribution in [0.25, 0.3) is 0 Å². The molecule has 102 valence electrons. The maximum atomic E-state index is 9.54. The summed E-state index contributed by atoms with van der Waals surface area (Å²) < 4.78 is 0. The summed E-state index contributed by atoms with van der Waals surface area (Å²) in [4.78, 5) is 2.19. The van der Waals surface area contributed by atoms with Gasteiger partial charge in [0.05, 0.1) is 16.8 Å². The Balaban J connectivity index is 3.04. The highest BCUT2D eigenvalue weighted by Crippen LogP contribution is 2.33. The van der Waals surface area contributed by atoms with Crippen LogP contribution in [-0.4, -0.2) is 18.2 Å². The third-order valence-electron chi connectivity index (χ3n) is 3.67. The SMILES string of the molecule is CC(O)c1ccc(N(C)C(C)C(C)(C)C)c(Cl)c1. The molecule has 0 saturated heterocycles. The normalized spacial score (nSPS) is 15.3. The predicted molar refractivity (Wildman–Crippen MR) is 79.4 cm³/mol. The van der Waals surface area contributed by atoms with Gasteiger partial charge in [-0.2, -0.15) is 0 Å². The van der Waals surface area contributed by atoms with Crippen molar-refractivity contribution in [1.29, 1.82) is 0 Å². The molecule has 0 aliphatic rings. The summed E-state index contributed by atoms with van der Waals surface area (Å²) in [6, 6.07) is 6.12. The molecule has 1 aromatic carbocycles. The monoisotopic (exact) mass is 269 g/mol. The molecule has 2 atom stereocenters. The maximum Gasteiger partial charge on any atom is 0.0762 e. The minimum Gasteiger partial charge on any atom is -0.389 e. The van der Waals surface area contributed by atoms with E-state index in [0.29, 0.717) is 11.1 Å². The Hall–Kier alpha value is -0.730. The second-order valence-electron chi connectivity index (χ2n) is 6.04. The molecule has 0 heterocycles. The molecule has 0 aliphatic heterocycles. The van der Waals surface area contributed by atoms with Crippen molar-refractivity contribution >= 4 is 17.3 Å². The zero-order chi connectivity index (χ0) is 14.1. The van der Waals surface area contributed by atoms with Crippen LogP contribution in [-0.2, 0) is 0 Å². The smallest absolute Gasteiger partial charge is 0.0762 e. The number of hydrogen-bond acceptors (Lipinski definition) is 2. The van der Waals surface area contributed by atoms with Gasteiger partial charge in [-0.3, -0.25) is 0 Å². The minimum atomic E-state index is -0.484. The number of aliphatic hydroxyl groups is 1. The average molecular weight is 270 g/mol. The molecule has 18 heavy (non-hydrogen) atoms. The fourth-order valence-corrected chi connectivity index (χ4v) is 2.18. The van der Waals surface area contributed by atoms with Gasteiger partial charge in [0.25, 0.3) is 0 Å². The van der Waals surface area contributed by atoms with Gasteiger partial charge in [0.1, 0.15) is 0 Å². The molecule has 0 saturated carbocycles. The molecule has 0 aromatic heterocycles. The Morgan fingerprint density at radius 3 is 2.17 bits per heavy atom. The quantitative estimate of drug-likeness (QED) is 0.886. The van der Waals surface area contributed by atoms with Crippen molar-refractivity contribution in [3.05, 3.63) is 28.8 Å². The summed E-state index contributed by atoms with van der Waals surface area (Å²) in [6.45, 7) is 10.6. The lowest BCUT2D eigenvalue weighted by molar-refractivity contribution is 0.199. The standard InChI is InChI=1S/C15H24ClNO/c1-10(18)12-7-8-14(13(16)9-12)17(6)11(2)15(3,4)5/h7-11,18H,1-6H3. The van der Waals surface area contributed by atoms with Crippen LogP contribution in [0, 0.1) is 5.41 Å². The van der Waals surface area contributed by atoms with Gasteiger partial charge >= 0.3 is 0 Å². The molecule has 3 heteroatoms. The molecule has 0 amide bonds. The fraction of sp³-hybridized carbons (Fsp3) is 0.600. The molecule has 0 aliphatic carbocycles. The van der Waals surface area contributed by atoms with Crippen molar-refractivity contribution in [3.8, 4) is 0 Å². The van der Waals surface area contributed by atoms with Crippen molar-refractivity contribution in [1.82, 2.24) is 0 Å². The van der Waals surface area contributed by atoms with Crippen LogP contribution in [0.15, 0.2) is 18.2 Å². The summed E-state index contributed by atoms with van der Waals surface area (Å²) >= 11 is 6.31. The number of nitrogens with zero attached hydrogens (tertiary/aromatic N) is 1. The van der Waals surface area contributed by atoms with Crippen molar-refractivity contribution in [2.45, 2.75) is 46.8 Å². The van der Waals surface area contributed by atoms with Gasteiger partial charge in [-0.15, -0.1) is 0 Å². The third kappa shape index (κ3) is 3.39. The average Bonchev–Trinajstić information content (AvgIpc) is 2.25. The summed E-state index contributed by atoms with van der Waals surface area (Å²) in [7, 11) is 2.05. The van der Waals surface area contributed by atoms with E-state index in [4.69, 9.17) is 11.6 Å². The van der Waals surface area contributed by atoms with Crippen LogP contribution in [0.3, 0.4) is 0 Å². The molecule has 1 rings (SSSR count). The van der Waals surface area contributed by atoms with Crippen molar-refractivity contribution in [2.75, 3.05) is 11.9 Å². The number of hydrogen-bond donors (Lipinski definition) is 1. The van der Waals surface area contributed by atoms with Gasteiger partial charge in [0.15, 0.2) is 0 Å². The van der Waals surface area contributed by atoms with Gasteiger partial charge in [-0.1, -0.05) is 38.4 Å². The minimum absolute atomic E-state index is 0.182. The number of halogens is 1. The van der Waals surface area contributed by atoms with E-state index < -0.39 is 6.10 Å². The number of benzene rings is 1. The van der Waals surface area contributed by atoms with Crippen LogP contribution in [0.1, 0.15) is 46.3 Å². The Morgan fingerprint density at radius 1 is 1.22 bits per heavy atom. The zero-order valence-electron chi connectivity index (χ0n) is 12.2. The largest absolute Gasteiger partial charge is 0.389 e. The third-order valence-corrected chi connectivity index (χ3v) is 3.97. The molecule has 0 radical (unpaired) electrons. The first kappa shape index (κ1) is 15.3. The van der Waals surface area contributed by atoms with E-state index >= 15 is 0 Å². The second-order valence-corrected chi connectivity index (χ2v) is 6.45. The number of aliphatic hydroxyl groups excluding tert-OH is 1. The second kappa shape index (κ2) is 5.50. The molecular formula is C15H24ClNO. The first-order valence-electron chi connectivity index (χ1n) is 6.35. The molecule has 0 bridgehead atoms. The van der Waals surface area contributed by atoms with E-state index in [1.807, 2.05) is 18.2 Å². The van der Waals surface area contributed by atoms with Crippen molar-refractivity contribution in [3.63, 3.8) is 0 Å². The van der Waals surface area contributed by atoms with Crippen molar-refractivity contribution < 1.29 is 5.11 Å². The number of anilines is 1. The lowest BCUT2D eigenvalue weighted by Crippen LogP contribution is -2.39. The lowest BCUT2D eigenvalue weighted by atomic mass is 9.87. The van der Waals surface area contributed by atoms with Crippen LogP contribution >= 0.6 is 11.6 Å². The molecule has 2 unspecified atom stereocenters. The number of rotatable bonds is 3. The fourth-order valence-electron chi connectivity index (χ4n) is 1.86. The molecule has 0 fully saturated rings. The van der Waals surface area contributed by atoms with Crippen LogP contribution < -0.4 is 4.90 Å². The molecule has 0 spiro atoms. The molecule has 2 nitrogen and oxygen atoms in total. The Labute approximate surface area is 116 Å². The maximum absolute atomic E-state index is 9.54. The van der Waals surface area contributed by atoms with Crippen LogP contribution in [0.2, 0.25) is 5.02 Å². The van der Waals surface area contributed by atoms with Gasteiger partial charge < -0.3 is 10.0 Å². The first-order valence-corrected chi connectivity index (χ1v) is 6.72. The summed E-state index contributed by atoms with van der Waals surface area (Å²) in [5.41, 5.74) is 2.03. The summed E-state index contributed by atoms with van der Waals surface area (Å²) in [5, 5.41) is 10.2. The Morgan fingerprint density at radius 2 is 1.78 bits per heavy atom. The molecule has 1 aromatic rings. The van der Waals surface area contributed by atoms with Gasteiger partial charge in [-0.25, -0.2) is 0 Å². The van der Waals surface area contributed by atoms with E-state index in [-0.39, 0.29) is 5.41 Å². The summed E-state index contributed by atoms with van der Waals surface area (Å²) in [5.74, 6) is 0. The Bertz CT molecular complexity index is 409. The van der Waals surface area contributed by atoms with E-state index in [1.54, 1.807) is 6.92 Å². The van der Waals surface area contributed by atoms with E-state index in [9.17, 15) is 5.11 Å². The van der Waals surface area contributed by atoms with E-state index in [0.717, 1.165) is 11.3 Å². The van der Waals surface area contributed by atoms with Gasteiger partial charge in [0.2, 0.25) is 0 Å². The van der Waals surface area contributed by atoms with Gasteiger partial charge in [-0.05, 0) is 37.0 Å². The predicted octanol–water partition coefficient (Wildman–Crippen LogP) is 4.26. The van der Waals surface area contributed by atoms with E-state index in [2.05, 4.69) is 39.6 Å². The highest BCUT2D eigenvalue weighted by atomic mass is 35.5.